The molecule has 0 saturated carbocycles. The van der Waals surface area contributed by atoms with Crippen LogP contribution in [-0.2, 0) is 11.3 Å². The number of pyridine rings is 1. The standard InChI is InChI=1S/C17H28BrN3O2/c1-12(2)9-14(11-20-16(22)23-17(3,4)5)19-10-13-7-6-8-15(18)21-13/h6-8,12,14,19H,9-11H2,1-5H3,(H,20,22). The molecule has 5 nitrogen and oxygen atoms in total. The van der Waals surface area contributed by atoms with E-state index >= 15 is 0 Å². The number of aromatic nitrogens is 1. The molecule has 1 aromatic rings. The molecular formula is C17H28BrN3O2. The molecule has 0 radical (unpaired) electrons. The van der Waals surface area contributed by atoms with Crippen molar-refractivity contribution >= 4 is 22.0 Å². The van der Waals surface area contributed by atoms with Gasteiger partial charge in [0.05, 0.1) is 5.69 Å². The zero-order chi connectivity index (χ0) is 17.5. The van der Waals surface area contributed by atoms with Crippen LogP contribution >= 0.6 is 15.9 Å². The van der Waals surface area contributed by atoms with E-state index in [1.165, 1.54) is 0 Å². The molecule has 0 spiro atoms. The smallest absolute Gasteiger partial charge is 0.407 e. The van der Waals surface area contributed by atoms with E-state index in [1.807, 2.05) is 39.0 Å². The summed E-state index contributed by atoms with van der Waals surface area (Å²) in [4.78, 5) is 16.2. The Kier molecular flexibility index (Phi) is 7.99. The lowest BCUT2D eigenvalue weighted by Gasteiger charge is -2.23. The van der Waals surface area contributed by atoms with Gasteiger partial charge in [-0.25, -0.2) is 9.78 Å². The van der Waals surface area contributed by atoms with Gasteiger partial charge in [-0.05, 0) is 61.2 Å². The van der Waals surface area contributed by atoms with E-state index in [0.717, 1.165) is 16.7 Å². The predicted octanol–water partition coefficient (Wildman–Crippen LogP) is 3.87. The Hall–Kier alpha value is -1.14. The van der Waals surface area contributed by atoms with Gasteiger partial charge < -0.3 is 15.4 Å². The van der Waals surface area contributed by atoms with Crippen LogP contribution < -0.4 is 10.6 Å². The maximum Gasteiger partial charge on any atom is 0.407 e. The van der Waals surface area contributed by atoms with Gasteiger partial charge in [0, 0.05) is 19.1 Å². The summed E-state index contributed by atoms with van der Waals surface area (Å²) in [5.74, 6) is 0.531. The first-order valence-corrected chi connectivity index (χ1v) is 8.76. The van der Waals surface area contributed by atoms with E-state index in [0.29, 0.717) is 19.0 Å². The van der Waals surface area contributed by atoms with Crippen molar-refractivity contribution in [2.24, 2.45) is 5.92 Å². The summed E-state index contributed by atoms with van der Waals surface area (Å²) < 4.78 is 6.10. The Morgan fingerprint density at radius 2 is 2.04 bits per heavy atom. The van der Waals surface area contributed by atoms with Gasteiger partial charge in [-0.3, -0.25) is 0 Å². The van der Waals surface area contributed by atoms with Crippen molar-refractivity contribution in [1.82, 2.24) is 15.6 Å². The van der Waals surface area contributed by atoms with E-state index in [1.54, 1.807) is 0 Å². The number of carbonyl (C=O) groups excluding carboxylic acids is 1. The van der Waals surface area contributed by atoms with Gasteiger partial charge in [-0.1, -0.05) is 19.9 Å². The summed E-state index contributed by atoms with van der Waals surface area (Å²) in [6.45, 7) is 11.1. The fourth-order valence-corrected chi connectivity index (χ4v) is 2.51. The molecule has 1 rings (SSSR count). The highest BCUT2D eigenvalue weighted by Gasteiger charge is 2.18. The zero-order valence-electron chi connectivity index (χ0n) is 14.6. The van der Waals surface area contributed by atoms with E-state index in [2.05, 4.69) is 45.4 Å². The summed E-state index contributed by atoms with van der Waals surface area (Å²) >= 11 is 3.37. The number of hydrogen-bond donors (Lipinski definition) is 2. The number of ether oxygens (including phenoxy) is 1. The highest BCUT2D eigenvalue weighted by molar-refractivity contribution is 9.10. The van der Waals surface area contributed by atoms with Crippen LogP contribution in [0, 0.1) is 5.92 Å². The third-order valence-electron chi connectivity index (χ3n) is 2.99. The van der Waals surface area contributed by atoms with Crippen molar-refractivity contribution in [3.8, 4) is 0 Å². The van der Waals surface area contributed by atoms with Crippen LogP contribution in [0.25, 0.3) is 0 Å². The average Bonchev–Trinajstić information content (AvgIpc) is 2.39. The topological polar surface area (TPSA) is 63.2 Å². The average molecular weight is 386 g/mol. The van der Waals surface area contributed by atoms with E-state index in [9.17, 15) is 4.79 Å². The third kappa shape index (κ3) is 9.56. The van der Waals surface area contributed by atoms with Crippen molar-refractivity contribution in [2.45, 2.75) is 59.2 Å². The molecule has 23 heavy (non-hydrogen) atoms. The summed E-state index contributed by atoms with van der Waals surface area (Å²) in [6, 6.07) is 6.01. The summed E-state index contributed by atoms with van der Waals surface area (Å²) in [7, 11) is 0. The molecule has 2 N–H and O–H groups in total. The largest absolute Gasteiger partial charge is 0.444 e. The molecule has 0 aromatic carbocycles. The van der Waals surface area contributed by atoms with Gasteiger partial charge in [0.15, 0.2) is 0 Å². The second-order valence-corrected chi connectivity index (χ2v) is 7.85. The fourth-order valence-electron chi connectivity index (χ4n) is 2.13. The van der Waals surface area contributed by atoms with E-state index in [4.69, 9.17) is 4.74 Å². The summed E-state index contributed by atoms with van der Waals surface area (Å²) in [6.07, 6.45) is 0.581. The molecule has 0 aliphatic rings. The molecule has 0 fully saturated rings. The lowest BCUT2D eigenvalue weighted by molar-refractivity contribution is 0.0521. The van der Waals surface area contributed by atoms with E-state index < -0.39 is 5.60 Å². The lowest BCUT2D eigenvalue weighted by Crippen LogP contribution is -2.43. The number of alkyl carbamates (subject to hydrolysis) is 1. The second-order valence-electron chi connectivity index (χ2n) is 7.04. The quantitative estimate of drug-likeness (QED) is 0.699. The maximum absolute atomic E-state index is 11.8. The van der Waals surface area contributed by atoms with Gasteiger partial charge in [0.2, 0.25) is 0 Å². The van der Waals surface area contributed by atoms with Gasteiger partial charge in [-0.15, -0.1) is 0 Å². The number of rotatable bonds is 7. The number of halogens is 1. The zero-order valence-corrected chi connectivity index (χ0v) is 16.2. The van der Waals surface area contributed by atoms with Gasteiger partial charge in [-0.2, -0.15) is 0 Å². The maximum atomic E-state index is 11.8. The normalized spacial score (nSPS) is 13.0. The van der Waals surface area contributed by atoms with E-state index in [-0.39, 0.29) is 12.1 Å². The molecule has 1 heterocycles. The number of amides is 1. The highest BCUT2D eigenvalue weighted by atomic mass is 79.9. The van der Waals surface area contributed by atoms with Gasteiger partial charge in [0.1, 0.15) is 10.2 Å². The summed E-state index contributed by atoms with van der Waals surface area (Å²) in [5, 5.41) is 6.30. The van der Waals surface area contributed by atoms with Crippen molar-refractivity contribution in [3.05, 3.63) is 28.5 Å². The Labute approximate surface area is 147 Å². The lowest BCUT2D eigenvalue weighted by atomic mass is 10.0. The minimum absolute atomic E-state index is 0.170. The number of hydrogen-bond acceptors (Lipinski definition) is 4. The number of nitrogens with zero attached hydrogens (tertiary/aromatic N) is 1. The van der Waals surface area contributed by atoms with Crippen molar-refractivity contribution in [3.63, 3.8) is 0 Å². The Morgan fingerprint density at radius 3 is 2.61 bits per heavy atom. The third-order valence-corrected chi connectivity index (χ3v) is 3.43. The Balaban J connectivity index is 2.50. The molecule has 130 valence electrons. The van der Waals surface area contributed by atoms with Crippen LogP contribution in [0.2, 0.25) is 0 Å². The molecule has 1 aromatic heterocycles. The molecular weight excluding hydrogens is 358 g/mol. The second kappa shape index (κ2) is 9.23. The Morgan fingerprint density at radius 1 is 1.35 bits per heavy atom. The molecule has 1 atom stereocenters. The molecule has 1 unspecified atom stereocenters. The predicted molar refractivity (Wildman–Crippen MR) is 96.3 cm³/mol. The van der Waals surface area contributed by atoms with Crippen LogP contribution in [0.4, 0.5) is 4.79 Å². The minimum atomic E-state index is -0.481. The SMILES string of the molecule is CC(C)CC(CNC(=O)OC(C)(C)C)NCc1cccc(Br)n1. The van der Waals surface area contributed by atoms with Crippen LogP contribution in [0.3, 0.4) is 0 Å². The van der Waals surface area contributed by atoms with Crippen molar-refractivity contribution in [2.75, 3.05) is 6.54 Å². The number of carbonyl (C=O) groups is 1. The molecule has 0 aliphatic heterocycles. The van der Waals surface area contributed by atoms with Crippen molar-refractivity contribution < 1.29 is 9.53 Å². The van der Waals surface area contributed by atoms with Gasteiger partial charge >= 0.3 is 6.09 Å². The molecule has 0 bridgehead atoms. The first kappa shape index (κ1) is 19.9. The highest BCUT2D eigenvalue weighted by Crippen LogP contribution is 2.09. The first-order valence-electron chi connectivity index (χ1n) is 7.97. The van der Waals surface area contributed by atoms with Crippen LogP contribution in [0.15, 0.2) is 22.8 Å². The fraction of sp³-hybridized carbons (Fsp3) is 0.647. The minimum Gasteiger partial charge on any atom is -0.444 e. The molecule has 0 aliphatic carbocycles. The van der Waals surface area contributed by atoms with Crippen LogP contribution in [0.1, 0.15) is 46.7 Å². The van der Waals surface area contributed by atoms with Crippen LogP contribution in [0.5, 0.6) is 0 Å². The van der Waals surface area contributed by atoms with Gasteiger partial charge in [0.25, 0.3) is 0 Å². The van der Waals surface area contributed by atoms with Crippen molar-refractivity contribution in [1.29, 1.82) is 0 Å². The summed E-state index contributed by atoms with van der Waals surface area (Å²) in [5.41, 5.74) is 0.482. The monoisotopic (exact) mass is 385 g/mol. The Bertz CT molecular complexity index is 501. The molecule has 1 amide bonds. The molecule has 0 saturated heterocycles. The molecule has 6 heteroatoms. The first-order chi connectivity index (χ1) is 10.7. The number of nitrogens with one attached hydrogen (secondary N) is 2. The van der Waals surface area contributed by atoms with Crippen LogP contribution in [-0.4, -0.2) is 29.3 Å².